The van der Waals surface area contributed by atoms with Crippen molar-refractivity contribution in [3.05, 3.63) is 28.2 Å². The van der Waals surface area contributed by atoms with Gasteiger partial charge in [-0.2, -0.15) is 0 Å². The van der Waals surface area contributed by atoms with Crippen molar-refractivity contribution in [2.24, 2.45) is 5.84 Å². The SMILES string of the molecule is NNC(=O)c1ccc(Br)cc1S. The summed E-state index contributed by atoms with van der Waals surface area (Å²) < 4.78 is 0.876. The van der Waals surface area contributed by atoms with Gasteiger partial charge in [0.25, 0.3) is 5.91 Å². The molecule has 0 spiro atoms. The molecule has 0 aromatic heterocycles. The van der Waals surface area contributed by atoms with Gasteiger partial charge in [0.05, 0.1) is 5.56 Å². The molecule has 0 saturated carbocycles. The lowest BCUT2D eigenvalue weighted by Crippen LogP contribution is -2.30. The van der Waals surface area contributed by atoms with Gasteiger partial charge >= 0.3 is 0 Å². The van der Waals surface area contributed by atoms with E-state index in [0.29, 0.717) is 10.5 Å². The Hall–Kier alpha value is -0.520. The summed E-state index contributed by atoms with van der Waals surface area (Å²) in [6.07, 6.45) is 0. The number of rotatable bonds is 1. The topological polar surface area (TPSA) is 55.1 Å². The average molecular weight is 247 g/mol. The van der Waals surface area contributed by atoms with Gasteiger partial charge in [-0.05, 0) is 18.2 Å². The number of carbonyl (C=O) groups excluding carboxylic acids is 1. The summed E-state index contributed by atoms with van der Waals surface area (Å²) in [4.78, 5) is 11.6. The van der Waals surface area contributed by atoms with Crippen molar-refractivity contribution in [3.63, 3.8) is 0 Å². The Morgan fingerprint density at radius 2 is 2.25 bits per heavy atom. The Morgan fingerprint density at radius 1 is 1.58 bits per heavy atom. The Bertz CT molecular complexity index is 316. The number of hydrogen-bond donors (Lipinski definition) is 3. The van der Waals surface area contributed by atoms with Gasteiger partial charge in [-0.3, -0.25) is 10.2 Å². The number of thiol groups is 1. The molecule has 1 rings (SSSR count). The van der Waals surface area contributed by atoms with E-state index in [4.69, 9.17) is 5.84 Å². The van der Waals surface area contributed by atoms with Crippen LogP contribution in [0.4, 0.5) is 0 Å². The van der Waals surface area contributed by atoms with Crippen molar-refractivity contribution < 1.29 is 4.79 Å². The molecule has 0 aliphatic heterocycles. The van der Waals surface area contributed by atoms with Crippen LogP contribution >= 0.6 is 28.6 Å². The van der Waals surface area contributed by atoms with Gasteiger partial charge in [0.1, 0.15) is 0 Å². The highest BCUT2D eigenvalue weighted by atomic mass is 79.9. The maximum Gasteiger partial charge on any atom is 0.266 e. The lowest BCUT2D eigenvalue weighted by Gasteiger charge is -2.02. The molecule has 5 heteroatoms. The van der Waals surface area contributed by atoms with Crippen molar-refractivity contribution in [1.82, 2.24) is 5.43 Å². The molecule has 0 unspecified atom stereocenters. The van der Waals surface area contributed by atoms with Gasteiger partial charge in [-0.15, -0.1) is 12.6 Å². The molecule has 0 radical (unpaired) electrons. The molecule has 1 aromatic rings. The molecular weight excluding hydrogens is 240 g/mol. The second kappa shape index (κ2) is 3.93. The minimum Gasteiger partial charge on any atom is -0.290 e. The van der Waals surface area contributed by atoms with E-state index in [9.17, 15) is 4.79 Å². The van der Waals surface area contributed by atoms with Gasteiger partial charge < -0.3 is 0 Å². The molecule has 3 N–H and O–H groups in total. The van der Waals surface area contributed by atoms with E-state index in [-0.39, 0.29) is 5.91 Å². The summed E-state index contributed by atoms with van der Waals surface area (Å²) in [5, 5.41) is 0. The third kappa shape index (κ3) is 2.00. The first kappa shape index (κ1) is 9.57. The fraction of sp³-hybridized carbons (Fsp3) is 0. The van der Waals surface area contributed by atoms with Crippen molar-refractivity contribution >= 4 is 34.5 Å². The van der Waals surface area contributed by atoms with Crippen LogP contribution in [-0.2, 0) is 0 Å². The van der Waals surface area contributed by atoms with E-state index in [1.54, 1.807) is 18.2 Å². The summed E-state index contributed by atoms with van der Waals surface area (Å²) in [5.74, 6) is 4.63. The minimum atomic E-state index is -0.340. The molecule has 0 bridgehead atoms. The summed E-state index contributed by atoms with van der Waals surface area (Å²) in [6.45, 7) is 0. The molecule has 1 aromatic carbocycles. The highest BCUT2D eigenvalue weighted by molar-refractivity contribution is 9.10. The molecule has 12 heavy (non-hydrogen) atoms. The van der Waals surface area contributed by atoms with Gasteiger partial charge in [0.15, 0.2) is 0 Å². The molecule has 0 aliphatic rings. The second-order valence-corrected chi connectivity index (χ2v) is 3.53. The van der Waals surface area contributed by atoms with Gasteiger partial charge in [0.2, 0.25) is 0 Å². The average Bonchev–Trinajstić information content (AvgIpc) is 2.03. The number of halogens is 1. The first-order valence-corrected chi connectivity index (χ1v) is 4.38. The van der Waals surface area contributed by atoms with Crippen LogP contribution in [0, 0.1) is 0 Å². The number of nitrogens with two attached hydrogens (primary N) is 1. The molecule has 1 amide bonds. The Kier molecular flexibility index (Phi) is 3.13. The molecule has 0 atom stereocenters. The molecule has 0 heterocycles. The van der Waals surface area contributed by atoms with Crippen LogP contribution in [-0.4, -0.2) is 5.91 Å². The fourth-order valence-corrected chi connectivity index (χ4v) is 1.63. The Balaban J connectivity index is 3.09. The smallest absolute Gasteiger partial charge is 0.266 e. The Labute approximate surface area is 83.8 Å². The summed E-state index contributed by atoms with van der Waals surface area (Å²) in [6, 6.07) is 5.13. The lowest BCUT2D eigenvalue weighted by molar-refractivity contribution is 0.0951. The number of amides is 1. The summed E-state index contributed by atoms with van der Waals surface area (Å²) >= 11 is 7.37. The third-order valence-corrected chi connectivity index (χ3v) is 2.20. The zero-order chi connectivity index (χ0) is 9.14. The molecule has 0 fully saturated rings. The maximum atomic E-state index is 11.0. The quantitative estimate of drug-likeness (QED) is 0.303. The zero-order valence-electron chi connectivity index (χ0n) is 6.04. The summed E-state index contributed by atoms with van der Waals surface area (Å²) in [7, 11) is 0. The van der Waals surface area contributed by atoms with Crippen LogP contribution in [0.1, 0.15) is 10.4 Å². The van der Waals surface area contributed by atoms with Crippen molar-refractivity contribution in [1.29, 1.82) is 0 Å². The monoisotopic (exact) mass is 246 g/mol. The lowest BCUT2D eigenvalue weighted by atomic mass is 10.2. The van der Waals surface area contributed by atoms with E-state index < -0.39 is 0 Å². The number of carbonyl (C=O) groups is 1. The fourth-order valence-electron chi connectivity index (χ4n) is 0.775. The van der Waals surface area contributed by atoms with Gasteiger partial charge in [-0.1, -0.05) is 15.9 Å². The maximum absolute atomic E-state index is 11.0. The van der Waals surface area contributed by atoms with Crippen molar-refractivity contribution in [2.45, 2.75) is 4.90 Å². The normalized spacial score (nSPS) is 9.58. The van der Waals surface area contributed by atoms with Gasteiger partial charge in [0, 0.05) is 9.37 Å². The molecule has 0 saturated heterocycles. The van der Waals surface area contributed by atoms with E-state index in [1.165, 1.54) is 0 Å². The predicted octanol–water partition coefficient (Wildman–Crippen LogP) is 1.34. The number of benzene rings is 1. The highest BCUT2D eigenvalue weighted by Crippen LogP contribution is 2.19. The number of hydrogen-bond acceptors (Lipinski definition) is 3. The molecule has 64 valence electrons. The van der Waals surface area contributed by atoms with Crippen LogP contribution in [0.25, 0.3) is 0 Å². The van der Waals surface area contributed by atoms with E-state index in [0.717, 1.165) is 4.47 Å². The standard InChI is InChI=1S/C7H7BrN2OS/c8-4-1-2-5(6(12)3-4)7(11)10-9/h1-3,12H,9H2,(H,10,11). The molecular formula is C7H7BrN2OS. The van der Waals surface area contributed by atoms with Crippen LogP contribution < -0.4 is 11.3 Å². The van der Waals surface area contributed by atoms with Crippen LogP contribution in [0.3, 0.4) is 0 Å². The minimum absolute atomic E-state index is 0.340. The number of nitrogens with one attached hydrogen (secondary N) is 1. The second-order valence-electron chi connectivity index (χ2n) is 2.13. The first-order chi connectivity index (χ1) is 5.65. The largest absolute Gasteiger partial charge is 0.290 e. The van der Waals surface area contributed by atoms with E-state index in [1.807, 2.05) is 5.43 Å². The van der Waals surface area contributed by atoms with E-state index in [2.05, 4.69) is 28.6 Å². The van der Waals surface area contributed by atoms with Crippen LogP contribution in [0.15, 0.2) is 27.6 Å². The van der Waals surface area contributed by atoms with Crippen molar-refractivity contribution in [3.8, 4) is 0 Å². The number of hydrazine groups is 1. The van der Waals surface area contributed by atoms with Crippen molar-refractivity contribution in [2.75, 3.05) is 0 Å². The first-order valence-electron chi connectivity index (χ1n) is 3.14. The third-order valence-electron chi connectivity index (χ3n) is 1.34. The summed E-state index contributed by atoms with van der Waals surface area (Å²) in [5.41, 5.74) is 2.50. The number of nitrogen functional groups attached to an aromatic ring is 1. The Morgan fingerprint density at radius 3 is 2.75 bits per heavy atom. The molecule has 3 nitrogen and oxygen atoms in total. The van der Waals surface area contributed by atoms with Crippen LogP contribution in [0.2, 0.25) is 0 Å². The van der Waals surface area contributed by atoms with Gasteiger partial charge in [-0.25, -0.2) is 5.84 Å². The highest BCUT2D eigenvalue weighted by Gasteiger charge is 2.06. The zero-order valence-corrected chi connectivity index (χ0v) is 8.52. The molecule has 0 aliphatic carbocycles. The predicted molar refractivity (Wildman–Crippen MR) is 53.0 cm³/mol. The van der Waals surface area contributed by atoms with E-state index >= 15 is 0 Å². The van der Waals surface area contributed by atoms with Crippen LogP contribution in [0.5, 0.6) is 0 Å².